The first-order valence-corrected chi connectivity index (χ1v) is 6.00. The molecule has 2 heterocycles. The molecule has 16 heavy (non-hydrogen) atoms. The van der Waals surface area contributed by atoms with Crippen molar-refractivity contribution in [3.05, 3.63) is 28.0 Å². The quantitative estimate of drug-likeness (QED) is 0.693. The average Bonchev–Trinajstić information content (AvgIpc) is 2.55. The lowest BCUT2D eigenvalue weighted by molar-refractivity contribution is 0.844. The van der Waals surface area contributed by atoms with E-state index in [0.717, 1.165) is 35.7 Å². The molecule has 0 atom stereocenters. The topological polar surface area (TPSA) is 43.6 Å². The van der Waals surface area contributed by atoms with Crippen LogP contribution in [0.2, 0.25) is 0 Å². The number of aromatic nitrogens is 4. The summed E-state index contributed by atoms with van der Waals surface area (Å²) in [7, 11) is 2.03. The first kappa shape index (κ1) is 9.96. The van der Waals surface area contributed by atoms with Crippen LogP contribution in [0.1, 0.15) is 17.1 Å². The third-order valence-electron chi connectivity index (χ3n) is 3.08. The Labute approximate surface area is 102 Å². The van der Waals surface area contributed by atoms with E-state index in [-0.39, 0.29) is 0 Å². The van der Waals surface area contributed by atoms with Gasteiger partial charge < -0.3 is 4.57 Å². The lowest BCUT2D eigenvalue weighted by Gasteiger charge is -2.15. The van der Waals surface area contributed by atoms with E-state index in [1.165, 1.54) is 5.56 Å². The molecule has 3 rings (SSSR count). The van der Waals surface area contributed by atoms with Gasteiger partial charge in [-0.2, -0.15) is 0 Å². The van der Waals surface area contributed by atoms with Crippen molar-refractivity contribution in [2.45, 2.75) is 19.8 Å². The lowest BCUT2D eigenvalue weighted by Crippen LogP contribution is -2.09. The van der Waals surface area contributed by atoms with Crippen molar-refractivity contribution in [3.63, 3.8) is 0 Å². The van der Waals surface area contributed by atoms with Crippen LogP contribution in [0.25, 0.3) is 11.4 Å². The van der Waals surface area contributed by atoms with Gasteiger partial charge in [0.25, 0.3) is 0 Å². The Kier molecular flexibility index (Phi) is 2.10. The molecule has 0 N–H and O–H groups in total. The Bertz CT molecular complexity index is 574. The summed E-state index contributed by atoms with van der Waals surface area (Å²) in [5.41, 5.74) is 4.52. The summed E-state index contributed by atoms with van der Waals surface area (Å²) >= 11 is 3.32. The molecule has 1 aliphatic carbocycles. The maximum Gasteiger partial charge on any atom is 0.197 e. The molecule has 0 amide bonds. The Balaban J connectivity index is 2.32. The molecule has 0 unspecified atom stereocenters. The molecule has 82 valence electrons. The highest BCUT2D eigenvalue weighted by molar-refractivity contribution is 9.10. The Morgan fingerprint density at radius 1 is 1.31 bits per heavy atom. The second-order valence-corrected chi connectivity index (χ2v) is 4.74. The van der Waals surface area contributed by atoms with Crippen molar-refractivity contribution in [1.82, 2.24) is 19.5 Å². The Morgan fingerprint density at radius 2 is 2.12 bits per heavy atom. The molecule has 0 radical (unpaired) electrons. The number of rotatable bonds is 0. The highest BCUT2D eigenvalue weighted by atomic mass is 79.9. The van der Waals surface area contributed by atoms with Gasteiger partial charge in [-0.15, -0.1) is 0 Å². The number of nitrogens with zero attached hydrogens (tertiary/aromatic N) is 4. The van der Waals surface area contributed by atoms with Crippen molar-refractivity contribution in [3.8, 4) is 11.4 Å². The van der Waals surface area contributed by atoms with Crippen molar-refractivity contribution in [1.29, 1.82) is 0 Å². The van der Waals surface area contributed by atoms with Crippen molar-refractivity contribution in [2.75, 3.05) is 0 Å². The fourth-order valence-electron chi connectivity index (χ4n) is 2.17. The fraction of sp³-hybridized carbons (Fsp3) is 0.364. The van der Waals surface area contributed by atoms with Crippen LogP contribution in [0.4, 0.5) is 0 Å². The number of imidazole rings is 1. The van der Waals surface area contributed by atoms with Crippen molar-refractivity contribution in [2.24, 2.45) is 7.05 Å². The van der Waals surface area contributed by atoms with E-state index in [1.54, 1.807) is 0 Å². The zero-order valence-corrected chi connectivity index (χ0v) is 10.7. The molecule has 0 bridgehead atoms. The van der Waals surface area contributed by atoms with Gasteiger partial charge in [0, 0.05) is 13.2 Å². The molecule has 4 nitrogen and oxygen atoms in total. The summed E-state index contributed by atoms with van der Waals surface area (Å²) in [5, 5.41) is 0. The monoisotopic (exact) mass is 278 g/mol. The maximum absolute atomic E-state index is 4.57. The summed E-state index contributed by atoms with van der Waals surface area (Å²) in [6.07, 6.45) is 3.86. The molecule has 0 saturated heterocycles. The summed E-state index contributed by atoms with van der Waals surface area (Å²) in [5.74, 6) is 1.03. The van der Waals surface area contributed by atoms with Crippen LogP contribution in [0.5, 0.6) is 0 Å². The minimum atomic E-state index is 0.637. The minimum Gasteiger partial charge on any atom is -0.330 e. The Hall–Kier alpha value is -1.23. The molecule has 0 aromatic carbocycles. The first-order valence-electron chi connectivity index (χ1n) is 5.21. The maximum atomic E-state index is 4.57. The lowest BCUT2D eigenvalue weighted by atomic mass is 9.98. The van der Waals surface area contributed by atoms with Crippen molar-refractivity contribution < 1.29 is 0 Å². The van der Waals surface area contributed by atoms with E-state index in [2.05, 4.69) is 35.4 Å². The highest BCUT2D eigenvalue weighted by Crippen LogP contribution is 2.32. The van der Waals surface area contributed by atoms with E-state index in [9.17, 15) is 0 Å². The zero-order valence-electron chi connectivity index (χ0n) is 9.16. The largest absolute Gasteiger partial charge is 0.330 e. The average molecular weight is 279 g/mol. The molecule has 0 saturated carbocycles. The summed E-state index contributed by atoms with van der Waals surface area (Å²) in [6, 6.07) is 0. The van der Waals surface area contributed by atoms with Crippen LogP contribution < -0.4 is 0 Å². The van der Waals surface area contributed by atoms with E-state index >= 15 is 0 Å². The van der Waals surface area contributed by atoms with Crippen molar-refractivity contribution >= 4 is 15.9 Å². The van der Waals surface area contributed by atoms with Crippen LogP contribution in [-0.2, 0) is 19.9 Å². The summed E-state index contributed by atoms with van der Waals surface area (Å²) < 4.78 is 2.74. The van der Waals surface area contributed by atoms with E-state index in [1.807, 2.05) is 20.2 Å². The van der Waals surface area contributed by atoms with Gasteiger partial charge in [0.05, 0.1) is 17.1 Å². The Morgan fingerprint density at radius 3 is 2.94 bits per heavy atom. The third kappa shape index (κ3) is 1.31. The van der Waals surface area contributed by atoms with Crippen LogP contribution in [0, 0.1) is 6.92 Å². The van der Waals surface area contributed by atoms with E-state index in [0.29, 0.717) is 4.73 Å². The molecular weight excluding hydrogens is 268 g/mol. The van der Waals surface area contributed by atoms with Crippen LogP contribution in [0.15, 0.2) is 10.9 Å². The predicted molar refractivity (Wildman–Crippen MR) is 64.1 cm³/mol. The van der Waals surface area contributed by atoms with Gasteiger partial charge in [-0.05, 0) is 41.3 Å². The minimum absolute atomic E-state index is 0.637. The van der Waals surface area contributed by atoms with Gasteiger partial charge >= 0.3 is 0 Å². The van der Waals surface area contributed by atoms with Gasteiger partial charge in [-0.25, -0.2) is 15.0 Å². The number of aryl methyl sites for hydroxylation is 3. The SMILES string of the molecule is Cc1nc2c(n1C)-c1nc(Br)ncc1CC2. The fourth-order valence-corrected chi connectivity index (χ4v) is 2.45. The number of fused-ring (bicyclic) bond motifs is 3. The third-order valence-corrected chi connectivity index (χ3v) is 3.46. The molecule has 0 fully saturated rings. The number of halogens is 1. The first-order chi connectivity index (χ1) is 7.66. The number of hydrogen-bond donors (Lipinski definition) is 0. The van der Waals surface area contributed by atoms with Crippen LogP contribution in [-0.4, -0.2) is 19.5 Å². The summed E-state index contributed by atoms with van der Waals surface area (Å²) in [6.45, 7) is 2.02. The van der Waals surface area contributed by atoms with Gasteiger partial charge in [-0.1, -0.05) is 0 Å². The number of hydrogen-bond acceptors (Lipinski definition) is 3. The van der Waals surface area contributed by atoms with Gasteiger partial charge in [0.15, 0.2) is 4.73 Å². The normalized spacial score (nSPS) is 13.4. The van der Waals surface area contributed by atoms with E-state index in [4.69, 9.17) is 0 Å². The second-order valence-electron chi connectivity index (χ2n) is 4.03. The molecule has 0 aliphatic heterocycles. The van der Waals surface area contributed by atoms with Gasteiger partial charge in [-0.3, -0.25) is 0 Å². The molecule has 5 heteroatoms. The smallest absolute Gasteiger partial charge is 0.197 e. The van der Waals surface area contributed by atoms with Crippen LogP contribution in [0.3, 0.4) is 0 Å². The second kappa shape index (κ2) is 3.38. The predicted octanol–water partition coefficient (Wildman–Crippen LogP) is 2.05. The van der Waals surface area contributed by atoms with E-state index < -0.39 is 0 Å². The van der Waals surface area contributed by atoms with Gasteiger partial charge in [0.2, 0.25) is 0 Å². The highest BCUT2D eigenvalue weighted by Gasteiger charge is 2.23. The molecule has 1 aliphatic rings. The summed E-state index contributed by atoms with van der Waals surface area (Å²) in [4.78, 5) is 13.2. The molecular formula is C11H11BrN4. The molecule has 2 aromatic heterocycles. The molecule has 2 aromatic rings. The van der Waals surface area contributed by atoms with Gasteiger partial charge in [0.1, 0.15) is 5.82 Å². The molecule has 0 spiro atoms. The zero-order chi connectivity index (χ0) is 11.3. The van der Waals surface area contributed by atoms with Crippen LogP contribution >= 0.6 is 15.9 Å². The standard InChI is InChI=1S/C11H11BrN4/c1-6-14-8-4-3-7-5-13-11(12)15-9(7)10(8)16(6)2/h5H,3-4H2,1-2H3.